The molecule has 1 aromatic heterocycles. The summed E-state index contributed by atoms with van der Waals surface area (Å²) in [6, 6.07) is 13.1. The van der Waals surface area contributed by atoms with Gasteiger partial charge in [-0.2, -0.15) is 5.10 Å². The average molecular weight is 335 g/mol. The number of carbonyl (C=O) groups is 1. The summed E-state index contributed by atoms with van der Waals surface area (Å²) in [4.78, 5) is 12.5. The fourth-order valence-electron chi connectivity index (χ4n) is 2.83. The Kier molecular flexibility index (Phi) is 3.85. The van der Waals surface area contributed by atoms with E-state index in [1.54, 1.807) is 12.3 Å². The standard InChI is InChI=1S/C19H17N3O3/c1-12-8-14(6-7-15(12)13-9-20-21-10-13)22-19(23)18-11-24-16-4-2-3-5-17(16)25-18/h2-10,18H,11H2,1H3,(H,20,21)(H,22,23). The van der Waals surface area contributed by atoms with Crippen molar-refractivity contribution in [3.8, 4) is 22.6 Å². The highest BCUT2D eigenvalue weighted by atomic mass is 16.6. The number of hydrogen-bond acceptors (Lipinski definition) is 4. The molecule has 3 aromatic rings. The van der Waals surface area contributed by atoms with Gasteiger partial charge < -0.3 is 14.8 Å². The van der Waals surface area contributed by atoms with Crippen molar-refractivity contribution < 1.29 is 14.3 Å². The molecule has 2 heterocycles. The molecule has 0 fully saturated rings. The van der Waals surface area contributed by atoms with Crippen molar-refractivity contribution in [1.82, 2.24) is 10.2 Å². The molecule has 126 valence electrons. The number of nitrogens with one attached hydrogen (secondary N) is 2. The predicted molar refractivity (Wildman–Crippen MR) is 93.7 cm³/mol. The fraction of sp³-hybridized carbons (Fsp3) is 0.158. The third kappa shape index (κ3) is 3.06. The monoisotopic (exact) mass is 335 g/mol. The van der Waals surface area contributed by atoms with Crippen LogP contribution in [0.25, 0.3) is 11.1 Å². The molecule has 0 radical (unpaired) electrons. The highest BCUT2D eigenvalue weighted by Crippen LogP contribution is 2.31. The molecular formula is C19H17N3O3. The molecule has 0 aliphatic carbocycles. The first-order valence-corrected chi connectivity index (χ1v) is 8.00. The van der Waals surface area contributed by atoms with Gasteiger partial charge in [0.1, 0.15) is 6.61 Å². The highest BCUT2D eigenvalue weighted by Gasteiger charge is 2.27. The van der Waals surface area contributed by atoms with Gasteiger partial charge in [0.2, 0.25) is 6.10 Å². The Balaban J connectivity index is 1.47. The molecule has 1 aliphatic rings. The number of H-pyrrole nitrogens is 1. The van der Waals surface area contributed by atoms with Crippen molar-refractivity contribution in [3.63, 3.8) is 0 Å². The van der Waals surface area contributed by atoms with Crippen LogP contribution in [0.4, 0.5) is 5.69 Å². The first kappa shape index (κ1) is 15.3. The van der Waals surface area contributed by atoms with Gasteiger partial charge in [-0.15, -0.1) is 0 Å². The molecular weight excluding hydrogens is 318 g/mol. The van der Waals surface area contributed by atoms with Gasteiger partial charge in [-0.25, -0.2) is 0 Å². The van der Waals surface area contributed by atoms with Crippen LogP contribution < -0.4 is 14.8 Å². The number of anilines is 1. The minimum Gasteiger partial charge on any atom is -0.485 e. The second kappa shape index (κ2) is 6.32. The number of aromatic nitrogens is 2. The number of para-hydroxylation sites is 2. The summed E-state index contributed by atoms with van der Waals surface area (Å²) < 4.78 is 11.3. The van der Waals surface area contributed by atoms with Crippen LogP contribution in [0.5, 0.6) is 11.5 Å². The van der Waals surface area contributed by atoms with Gasteiger partial charge in [0.05, 0.1) is 6.20 Å². The zero-order valence-corrected chi connectivity index (χ0v) is 13.7. The Morgan fingerprint density at radius 2 is 2.08 bits per heavy atom. The maximum Gasteiger partial charge on any atom is 0.269 e. The third-order valence-electron chi connectivity index (χ3n) is 4.10. The molecule has 0 saturated heterocycles. The second-order valence-corrected chi connectivity index (χ2v) is 5.87. The van der Waals surface area contributed by atoms with Gasteiger partial charge in [-0.3, -0.25) is 9.89 Å². The van der Waals surface area contributed by atoms with E-state index in [4.69, 9.17) is 9.47 Å². The summed E-state index contributed by atoms with van der Waals surface area (Å²) in [6.45, 7) is 2.18. The first-order chi connectivity index (χ1) is 12.2. The van der Waals surface area contributed by atoms with Crippen LogP contribution in [-0.2, 0) is 4.79 Å². The van der Waals surface area contributed by atoms with Crippen molar-refractivity contribution in [1.29, 1.82) is 0 Å². The van der Waals surface area contributed by atoms with Gasteiger partial charge in [0.15, 0.2) is 11.5 Å². The van der Waals surface area contributed by atoms with Crippen molar-refractivity contribution >= 4 is 11.6 Å². The van der Waals surface area contributed by atoms with E-state index < -0.39 is 6.10 Å². The normalized spacial score (nSPS) is 15.6. The lowest BCUT2D eigenvalue weighted by Crippen LogP contribution is -2.40. The van der Waals surface area contributed by atoms with E-state index in [2.05, 4.69) is 15.5 Å². The first-order valence-electron chi connectivity index (χ1n) is 8.00. The molecule has 1 amide bonds. The highest BCUT2D eigenvalue weighted by molar-refractivity contribution is 5.95. The minimum absolute atomic E-state index is 0.189. The summed E-state index contributed by atoms with van der Waals surface area (Å²) >= 11 is 0. The molecule has 0 spiro atoms. The van der Waals surface area contributed by atoms with Gasteiger partial charge >= 0.3 is 0 Å². The molecule has 4 rings (SSSR count). The van der Waals surface area contributed by atoms with E-state index >= 15 is 0 Å². The van der Waals surface area contributed by atoms with Crippen molar-refractivity contribution in [2.24, 2.45) is 0 Å². The third-order valence-corrected chi connectivity index (χ3v) is 4.10. The number of aryl methyl sites for hydroxylation is 1. The maximum atomic E-state index is 12.5. The Labute approximate surface area is 144 Å². The van der Waals surface area contributed by atoms with Gasteiger partial charge in [0.25, 0.3) is 5.91 Å². The van der Waals surface area contributed by atoms with Crippen LogP contribution in [0.3, 0.4) is 0 Å². The molecule has 2 aromatic carbocycles. The largest absolute Gasteiger partial charge is 0.485 e. The summed E-state index contributed by atoms with van der Waals surface area (Å²) in [5.74, 6) is 1.01. The molecule has 1 aliphatic heterocycles. The summed E-state index contributed by atoms with van der Waals surface area (Å²) in [5.41, 5.74) is 3.84. The number of fused-ring (bicyclic) bond motifs is 1. The van der Waals surface area contributed by atoms with Crippen LogP contribution >= 0.6 is 0 Å². The number of hydrogen-bond donors (Lipinski definition) is 2. The van der Waals surface area contributed by atoms with Crippen molar-refractivity contribution in [2.75, 3.05) is 11.9 Å². The minimum atomic E-state index is -0.677. The predicted octanol–water partition coefficient (Wildman–Crippen LogP) is 3.16. The lowest BCUT2D eigenvalue weighted by Gasteiger charge is -2.25. The van der Waals surface area contributed by atoms with Crippen molar-refractivity contribution in [2.45, 2.75) is 13.0 Å². The molecule has 6 heteroatoms. The average Bonchev–Trinajstić information content (AvgIpc) is 3.15. The molecule has 1 unspecified atom stereocenters. The summed E-state index contributed by atoms with van der Waals surface area (Å²) in [5, 5.41) is 9.66. The number of amides is 1. The summed E-state index contributed by atoms with van der Waals surface area (Å²) in [6.07, 6.45) is 2.93. The zero-order valence-electron chi connectivity index (χ0n) is 13.7. The van der Waals surface area contributed by atoms with Crippen LogP contribution in [-0.4, -0.2) is 28.8 Å². The Hall–Kier alpha value is -3.28. The number of ether oxygens (including phenoxy) is 2. The maximum absolute atomic E-state index is 12.5. The number of nitrogens with zero attached hydrogens (tertiary/aromatic N) is 1. The molecule has 2 N–H and O–H groups in total. The van der Waals surface area contributed by atoms with Crippen LogP contribution in [0, 0.1) is 6.92 Å². The van der Waals surface area contributed by atoms with E-state index in [1.807, 2.05) is 49.5 Å². The quantitative estimate of drug-likeness (QED) is 0.771. The number of rotatable bonds is 3. The van der Waals surface area contributed by atoms with E-state index in [0.717, 1.165) is 22.4 Å². The van der Waals surface area contributed by atoms with Gasteiger partial charge in [-0.05, 0) is 42.3 Å². The Morgan fingerprint density at radius 3 is 2.84 bits per heavy atom. The van der Waals surface area contributed by atoms with Gasteiger partial charge in [-0.1, -0.05) is 18.2 Å². The number of benzene rings is 2. The number of carbonyl (C=O) groups excluding carboxylic acids is 1. The Bertz CT molecular complexity index is 906. The molecule has 6 nitrogen and oxygen atoms in total. The molecule has 1 atom stereocenters. The topological polar surface area (TPSA) is 76.2 Å². The molecule has 25 heavy (non-hydrogen) atoms. The SMILES string of the molecule is Cc1cc(NC(=O)C2COc3ccccc3O2)ccc1-c1cn[nH]c1. The van der Waals surface area contributed by atoms with Gasteiger partial charge in [0, 0.05) is 17.4 Å². The lowest BCUT2D eigenvalue weighted by molar-refractivity contribution is -0.125. The fourth-order valence-corrected chi connectivity index (χ4v) is 2.83. The molecule has 0 saturated carbocycles. The lowest BCUT2D eigenvalue weighted by atomic mass is 10.0. The van der Waals surface area contributed by atoms with E-state index in [9.17, 15) is 4.79 Å². The van der Waals surface area contributed by atoms with Crippen LogP contribution in [0.1, 0.15) is 5.56 Å². The zero-order chi connectivity index (χ0) is 17.2. The van der Waals surface area contributed by atoms with E-state index in [1.165, 1.54) is 0 Å². The molecule has 0 bridgehead atoms. The van der Waals surface area contributed by atoms with Crippen LogP contribution in [0.2, 0.25) is 0 Å². The van der Waals surface area contributed by atoms with Crippen LogP contribution in [0.15, 0.2) is 54.9 Å². The van der Waals surface area contributed by atoms with E-state index in [-0.39, 0.29) is 12.5 Å². The summed E-state index contributed by atoms with van der Waals surface area (Å²) in [7, 11) is 0. The number of aromatic amines is 1. The van der Waals surface area contributed by atoms with Crippen molar-refractivity contribution in [3.05, 3.63) is 60.4 Å². The second-order valence-electron chi connectivity index (χ2n) is 5.87. The smallest absolute Gasteiger partial charge is 0.269 e. The van der Waals surface area contributed by atoms with E-state index in [0.29, 0.717) is 11.5 Å². The Morgan fingerprint density at radius 1 is 1.24 bits per heavy atom.